The van der Waals surface area contributed by atoms with E-state index in [9.17, 15) is 29.7 Å². The summed E-state index contributed by atoms with van der Waals surface area (Å²) in [5.74, 6) is 0. The van der Waals surface area contributed by atoms with Gasteiger partial charge in [0.15, 0.2) is 0 Å². The quantitative estimate of drug-likeness (QED) is 0.0589. The molecule has 1 heterocycles. The predicted molar refractivity (Wildman–Crippen MR) is 282 cm³/mol. The van der Waals surface area contributed by atoms with Gasteiger partial charge in [0.25, 0.3) is 0 Å². The van der Waals surface area contributed by atoms with E-state index < -0.39 is 55.0 Å². The zero-order valence-electron chi connectivity index (χ0n) is 41.1. The van der Waals surface area contributed by atoms with Crippen LogP contribution in [-0.4, -0.2) is 88.1 Å². The van der Waals surface area contributed by atoms with Gasteiger partial charge in [-0.25, -0.2) is 28.1 Å². The Bertz CT molecular complexity index is 3070. The fourth-order valence-corrected chi connectivity index (χ4v) is 7.70. The second-order valence-corrected chi connectivity index (χ2v) is 17.4. The first kappa shape index (κ1) is 53.1. The molecule has 75 heavy (non-hydrogen) atoms. The standard InChI is InChI=1S/C54H51N15O6/c1-64(46-22-16-43(17-23-46)61-58-40-10-4-37(28-55)5-11-40)31-49(70)34-67-52(73)68(35-50(71)32-65(2)47-24-18-44(19-25-47)62-59-41-12-6-38(29-56)7-13-41)54(75)69(53(67)74)36-51(72)33-66(3)48-26-20-45(21-27-48)63-60-42-14-8-39(30-57)9-15-42/h4-27,49-51,70-72H,31-36H2,1-3H3. The van der Waals surface area contributed by atoms with E-state index in [1.165, 1.54) is 0 Å². The number of anilines is 3. The summed E-state index contributed by atoms with van der Waals surface area (Å²) in [6.45, 7) is -1.76. The van der Waals surface area contributed by atoms with E-state index in [1.807, 2.05) is 0 Å². The third-order valence-electron chi connectivity index (χ3n) is 11.7. The van der Waals surface area contributed by atoms with Crippen LogP contribution in [0.4, 0.5) is 51.2 Å². The van der Waals surface area contributed by atoms with Gasteiger partial charge >= 0.3 is 17.1 Å². The number of nitrogens with zero attached hydrogens (tertiary/aromatic N) is 15. The number of aliphatic hydroxyl groups is 3. The van der Waals surface area contributed by atoms with Gasteiger partial charge in [-0.05, 0) is 146 Å². The van der Waals surface area contributed by atoms with Crippen LogP contribution in [0.3, 0.4) is 0 Å². The Kier molecular flexibility index (Phi) is 17.8. The van der Waals surface area contributed by atoms with Crippen LogP contribution in [0, 0.1) is 34.0 Å². The molecule has 0 saturated heterocycles. The zero-order chi connectivity index (χ0) is 53.4. The van der Waals surface area contributed by atoms with Gasteiger partial charge in [0.05, 0.1) is 107 Å². The van der Waals surface area contributed by atoms with Crippen molar-refractivity contribution in [2.45, 2.75) is 37.9 Å². The molecule has 0 saturated carbocycles. The molecule has 7 rings (SSSR count). The number of rotatable bonds is 21. The van der Waals surface area contributed by atoms with E-state index in [0.717, 1.165) is 13.7 Å². The number of aromatic nitrogens is 3. The lowest BCUT2D eigenvalue weighted by atomic mass is 10.2. The average Bonchev–Trinajstić information content (AvgIpc) is 3.43. The van der Waals surface area contributed by atoms with Crippen molar-refractivity contribution in [2.75, 3.05) is 55.5 Å². The fraction of sp³-hybridized carbons (Fsp3) is 0.222. The van der Waals surface area contributed by atoms with Gasteiger partial charge in [-0.15, -0.1) is 0 Å². The Balaban J connectivity index is 1.06. The molecule has 0 fully saturated rings. The van der Waals surface area contributed by atoms with Crippen LogP contribution in [0.15, 0.2) is 191 Å². The predicted octanol–water partition coefficient (Wildman–Crippen LogP) is 7.52. The molecular formula is C54H51N15O6. The van der Waals surface area contributed by atoms with Crippen LogP contribution in [0.25, 0.3) is 0 Å². The highest BCUT2D eigenvalue weighted by Gasteiger charge is 2.23. The molecule has 0 aliphatic rings. The van der Waals surface area contributed by atoms with E-state index in [0.29, 0.717) is 67.9 Å². The van der Waals surface area contributed by atoms with Crippen molar-refractivity contribution in [1.29, 1.82) is 15.8 Å². The maximum Gasteiger partial charge on any atom is 0.336 e. The summed E-state index contributed by atoms with van der Waals surface area (Å²) < 4.78 is 2.20. The molecule has 3 N–H and O–H groups in total. The fourth-order valence-electron chi connectivity index (χ4n) is 7.70. The minimum Gasteiger partial charge on any atom is -0.389 e. The summed E-state index contributed by atoms with van der Waals surface area (Å²) in [4.78, 5) is 47.6. The summed E-state index contributed by atoms with van der Waals surface area (Å²) in [7, 11) is 5.13. The molecule has 7 aromatic rings. The lowest BCUT2D eigenvalue weighted by Crippen LogP contribution is -2.58. The second-order valence-electron chi connectivity index (χ2n) is 17.4. The number of aliphatic hydroxyl groups excluding tert-OH is 3. The van der Waals surface area contributed by atoms with Gasteiger partial charge in [0.1, 0.15) is 0 Å². The van der Waals surface area contributed by atoms with Crippen LogP contribution < -0.4 is 31.8 Å². The molecule has 0 radical (unpaired) electrons. The van der Waals surface area contributed by atoms with Crippen molar-refractivity contribution in [3.8, 4) is 18.2 Å². The Morgan fingerprint density at radius 1 is 0.373 bits per heavy atom. The third-order valence-corrected chi connectivity index (χ3v) is 11.7. The van der Waals surface area contributed by atoms with E-state index >= 15 is 0 Å². The number of benzene rings is 6. The summed E-state index contributed by atoms with van der Waals surface area (Å²) in [5, 5.41) is 86.7. The molecule has 0 amide bonds. The highest BCUT2D eigenvalue weighted by atomic mass is 16.3. The van der Waals surface area contributed by atoms with E-state index in [-0.39, 0.29) is 19.6 Å². The number of likely N-dealkylation sites (N-methyl/N-ethyl adjacent to an activating group) is 3. The van der Waals surface area contributed by atoms with Gasteiger partial charge in [0, 0.05) is 57.8 Å². The third kappa shape index (κ3) is 14.5. The van der Waals surface area contributed by atoms with Crippen molar-refractivity contribution < 1.29 is 15.3 Å². The minimum absolute atomic E-state index is 0.0524. The second kappa shape index (κ2) is 25.1. The van der Waals surface area contributed by atoms with Gasteiger partial charge in [-0.1, -0.05) is 0 Å². The maximum atomic E-state index is 14.1. The number of azo groups is 3. The molecule has 0 spiro atoms. The minimum atomic E-state index is -1.32. The van der Waals surface area contributed by atoms with Crippen LogP contribution >= 0.6 is 0 Å². The Morgan fingerprint density at radius 3 is 0.747 bits per heavy atom. The molecule has 378 valence electrons. The molecular weight excluding hydrogens is 955 g/mol. The van der Waals surface area contributed by atoms with Crippen molar-refractivity contribution >= 4 is 51.2 Å². The summed E-state index contributed by atoms with van der Waals surface area (Å²) >= 11 is 0. The highest BCUT2D eigenvalue weighted by Crippen LogP contribution is 2.25. The SMILES string of the molecule is CN(CC(O)Cn1c(=O)n(CC(O)CN(C)c2ccc(N=Nc3ccc(C#N)cc3)cc2)c(=O)n(CC(O)CN(C)c2ccc(N=Nc3ccc(C#N)cc3)cc2)c1=O)c1ccc(N=Nc2ccc(C#N)cc2)cc1. The molecule has 0 aliphatic heterocycles. The maximum absolute atomic E-state index is 14.1. The summed E-state index contributed by atoms with van der Waals surface area (Å²) in [6.07, 6.45) is -3.96. The van der Waals surface area contributed by atoms with Crippen molar-refractivity contribution in [2.24, 2.45) is 30.7 Å². The molecule has 21 heteroatoms. The van der Waals surface area contributed by atoms with Crippen LogP contribution in [0.5, 0.6) is 0 Å². The normalized spacial score (nSPS) is 12.5. The van der Waals surface area contributed by atoms with Gasteiger partial charge in [0.2, 0.25) is 0 Å². The number of hydrogen-bond acceptors (Lipinski definition) is 18. The van der Waals surface area contributed by atoms with Crippen molar-refractivity contribution in [3.05, 3.63) is 194 Å². The Labute approximate surface area is 430 Å². The number of nitriles is 3. The summed E-state index contributed by atoms with van der Waals surface area (Å²) in [5.41, 5.74) is 3.69. The highest BCUT2D eigenvalue weighted by molar-refractivity contribution is 5.55. The first-order chi connectivity index (χ1) is 36.2. The lowest BCUT2D eigenvalue weighted by molar-refractivity contribution is 0.134. The van der Waals surface area contributed by atoms with Crippen LogP contribution in [-0.2, 0) is 19.6 Å². The monoisotopic (exact) mass is 1010 g/mol. The first-order valence-corrected chi connectivity index (χ1v) is 23.4. The lowest BCUT2D eigenvalue weighted by Gasteiger charge is -2.26. The topological polar surface area (TPSA) is 282 Å². The first-order valence-electron chi connectivity index (χ1n) is 23.4. The van der Waals surface area contributed by atoms with E-state index in [2.05, 4.69) is 48.9 Å². The van der Waals surface area contributed by atoms with Crippen LogP contribution in [0.1, 0.15) is 16.7 Å². The average molecular weight is 1010 g/mol. The molecule has 3 unspecified atom stereocenters. The van der Waals surface area contributed by atoms with Crippen molar-refractivity contribution in [1.82, 2.24) is 13.7 Å². The van der Waals surface area contributed by atoms with E-state index in [4.69, 9.17) is 15.8 Å². The number of hydrogen-bond donors (Lipinski definition) is 3. The Morgan fingerprint density at radius 2 is 0.560 bits per heavy atom. The Hall–Kier alpha value is -9.72. The molecule has 0 aliphatic carbocycles. The van der Waals surface area contributed by atoms with Crippen LogP contribution in [0.2, 0.25) is 0 Å². The molecule has 3 atom stereocenters. The largest absolute Gasteiger partial charge is 0.389 e. The molecule has 21 nitrogen and oxygen atoms in total. The van der Waals surface area contributed by atoms with Gasteiger partial charge in [-0.3, -0.25) is 0 Å². The molecule has 6 aromatic carbocycles. The van der Waals surface area contributed by atoms with E-state index in [1.54, 1.807) is 181 Å². The smallest absolute Gasteiger partial charge is 0.336 e. The zero-order valence-corrected chi connectivity index (χ0v) is 41.1. The molecule has 0 bridgehead atoms. The van der Waals surface area contributed by atoms with Gasteiger partial charge in [-0.2, -0.15) is 46.5 Å². The van der Waals surface area contributed by atoms with Gasteiger partial charge < -0.3 is 30.0 Å². The summed E-state index contributed by atoms with van der Waals surface area (Å²) in [6, 6.07) is 47.0. The van der Waals surface area contributed by atoms with Crippen molar-refractivity contribution in [3.63, 3.8) is 0 Å². The molecule has 1 aromatic heterocycles.